The van der Waals surface area contributed by atoms with E-state index in [9.17, 15) is 9.59 Å². The molecule has 0 amide bonds. The summed E-state index contributed by atoms with van der Waals surface area (Å²) in [4.78, 5) is 31.7. The van der Waals surface area contributed by atoms with Crippen LogP contribution in [-0.2, 0) is 0 Å². The Bertz CT molecular complexity index is 604. The number of fused-ring (bicyclic) bond motifs is 1. The third kappa shape index (κ3) is 1.39. The van der Waals surface area contributed by atoms with E-state index in [1.54, 1.807) is 0 Å². The molecule has 0 unspecified atom stereocenters. The molecule has 0 radical (unpaired) electrons. The molecule has 0 aliphatic heterocycles. The van der Waals surface area contributed by atoms with E-state index in [2.05, 4.69) is 15.0 Å². The molecule has 2 rings (SSSR count). The minimum atomic E-state index is -1.32. The van der Waals surface area contributed by atoms with Gasteiger partial charge in [0.1, 0.15) is 23.4 Å². The number of aromatic carboxylic acids is 1. The number of carbonyl (C=O) groups is 1. The first-order valence-corrected chi connectivity index (χ1v) is 3.96. The highest BCUT2D eigenvalue weighted by Gasteiger charge is 2.11. The number of nitrogen functional groups attached to an aromatic ring is 1. The molecule has 2 aromatic heterocycles. The van der Waals surface area contributed by atoms with Crippen molar-refractivity contribution in [2.24, 2.45) is 0 Å². The van der Waals surface area contributed by atoms with Crippen LogP contribution in [0.5, 0.6) is 0 Å². The van der Waals surface area contributed by atoms with Gasteiger partial charge < -0.3 is 15.8 Å². The Kier molecular flexibility index (Phi) is 1.86. The van der Waals surface area contributed by atoms with E-state index < -0.39 is 11.5 Å². The van der Waals surface area contributed by atoms with E-state index >= 15 is 0 Å². The standard InChI is InChI=1S/C8H6N4O3/c9-5-3-1-4(8(14)15)7(13)12-6(3)11-2-10-5/h1-2H,(H,14,15)(H3,9,10,11,12,13). The highest BCUT2D eigenvalue weighted by Crippen LogP contribution is 2.13. The first-order valence-electron chi connectivity index (χ1n) is 3.96. The maximum atomic E-state index is 11.2. The van der Waals surface area contributed by atoms with Crippen LogP contribution in [0.3, 0.4) is 0 Å². The zero-order valence-electron chi connectivity index (χ0n) is 7.39. The second-order valence-corrected chi connectivity index (χ2v) is 2.84. The summed E-state index contributed by atoms with van der Waals surface area (Å²) in [5, 5.41) is 9.03. The van der Waals surface area contributed by atoms with Crippen LogP contribution in [0.4, 0.5) is 5.82 Å². The summed E-state index contributed by atoms with van der Waals surface area (Å²) in [6.07, 6.45) is 1.19. The number of nitrogens with zero attached hydrogens (tertiary/aromatic N) is 2. The molecule has 15 heavy (non-hydrogen) atoms. The predicted octanol–water partition coefficient (Wildman–Crippen LogP) is -0.401. The fourth-order valence-electron chi connectivity index (χ4n) is 1.19. The van der Waals surface area contributed by atoms with Crippen LogP contribution in [0.1, 0.15) is 10.4 Å². The summed E-state index contributed by atoms with van der Waals surface area (Å²) < 4.78 is 0. The van der Waals surface area contributed by atoms with Gasteiger partial charge in [-0.1, -0.05) is 0 Å². The summed E-state index contributed by atoms with van der Waals surface area (Å²) >= 11 is 0. The lowest BCUT2D eigenvalue weighted by atomic mass is 10.2. The van der Waals surface area contributed by atoms with Crippen molar-refractivity contribution in [3.63, 3.8) is 0 Å². The van der Waals surface area contributed by atoms with E-state index in [1.807, 2.05) is 0 Å². The van der Waals surface area contributed by atoms with Gasteiger partial charge in [-0.2, -0.15) is 0 Å². The van der Waals surface area contributed by atoms with Crippen molar-refractivity contribution in [3.8, 4) is 0 Å². The molecule has 0 fully saturated rings. The summed E-state index contributed by atoms with van der Waals surface area (Å²) in [5.74, 6) is -1.19. The van der Waals surface area contributed by atoms with Crippen LogP contribution in [0, 0.1) is 0 Å². The number of nitrogens with one attached hydrogen (secondary N) is 1. The monoisotopic (exact) mass is 206 g/mol. The van der Waals surface area contributed by atoms with Gasteiger partial charge in [0.05, 0.1) is 5.39 Å². The molecule has 4 N–H and O–H groups in total. The largest absolute Gasteiger partial charge is 0.477 e. The Labute approximate surface area is 82.6 Å². The molecule has 76 valence electrons. The molecule has 2 aromatic rings. The summed E-state index contributed by atoms with van der Waals surface area (Å²) in [7, 11) is 0. The number of carboxylic acid groups (broad SMARTS) is 1. The number of aromatic nitrogens is 3. The molecule has 7 nitrogen and oxygen atoms in total. The van der Waals surface area contributed by atoms with Gasteiger partial charge in [-0.3, -0.25) is 4.79 Å². The second kappa shape index (κ2) is 3.05. The van der Waals surface area contributed by atoms with Crippen molar-refractivity contribution in [2.45, 2.75) is 0 Å². The zero-order chi connectivity index (χ0) is 11.0. The first-order chi connectivity index (χ1) is 7.09. The van der Waals surface area contributed by atoms with E-state index in [4.69, 9.17) is 10.8 Å². The number of carboxylic acids is 1. The van der Waals surface area contributed by atoms with Gasteiger partial charge in [-0.25, -0.2) is 14.8 Å². The first kappa shape index (κ1) is 9.13. The molecule has 0 aromatic carbocycles. The van der Waals surface area contributed by atoms with Crippen LogP contribution >= 0.6 is 0 Å². The van der Waals surface area contributed by atoms with Gasteiger partial charge in [0.25, 0.3) is 5.56 Å². The van der Waals surface area contributed by atoms with Crippen molar-refractivity contribution in [1.82, 2.24) is 15.0 Å². The summed E-state index contributed by atoms with van der Waals surface area (Å²) in [6.45, 7) is 0. The fourth-order valence-corrected chi connectivity index (χ4v) is 1.19. The molecular formula is C8H6N4O3. The number of nitrogens with two attached hydrogens (primary N) is 1. The van der Waals surface area contributed by atoms with Gasteiger partial charge in [-0.15, -0.1) is 0 Å². The Morgan fingerprint density at radius 1 is 1.47 bits per heavy atom. The molecule has 0 aliphatic rings. The lowest BCUT2D eigenvalue weighted by Crippen LogP contribution is -2.17. The fraction of sp³-hybridized carbons (Fsp3) is 0. The van der Waals surface area contributed by atoms with E-state index in [0.717, 1.165) is 6.07 Å². The molecular weight excluding hydrogens is 200 g/mol. The maximum Gasteiger partial charge on any atom is 0.341 e. The lowest BCUT2D eigenvalue weighted by molar-refractivity contribution is 0.0695. The summed E-state index contributed by atoms with van der Waals surface area (Å²) in [5.41, 5.74) is 4.63. The number of anilines is 1. The highest BCUT2D eigenvalue weighted by molar-refractivity contribution is 5.94. The Morgan fingerprint density at radius 2 is 2.20 bits per heavy atom. The van der Waals surface area contributed by atoms with Crippen LogP contribution in [0.15, 0.2) is 17.2 Å². The van der Waals surface area contributed by atoms with Crippen LogP contribution < -0.4 is 11.3 Å². The van der Waals surface area contributed by atoms with Crippen LogP contribution in [0.2, 0.25) is 0 Å². The smallest absolute Gasteiger partial charge is 0.341 e. The van der Waals surface area contributed by atoms with Crippen molar-refractivity contribution in [3.05, 3.63) is 28.3 Å². The Hall–Kier alpha value is -2.44. The quantitative estimate of drug-likeness (QED) is 0.583. The Balaban J connectivity index is 2.90. The molecule has 0 saturated heterocycles. The molecule has 0 atom stereocenters. The van der Waals surface area contributed by atoms with E-state index in [0.29, 0.717) is 5.39 Å². The number of rotatable bonds is 1. The topological polar surface area (TPSA) is 122 Å². The average Bonchev–Trinajstić information content (AvgIpc) is 2.16. The van der Waals surface area contributed by atoms with Gasteiger partial charge in [0.15, 0.2) is 0 Å². The Morgan fingerprint density at radius 3 is 2.87 bits per heavy atom. The second-order valence-electron chi connectivity index (χ2n) is 2.84. The third-order valence-electron chi connectivity index (χ3n) is 1.91. The van der Waals surface area contributed by atoms with Crippen molar-refractivity contribution in [2.75, 3.05) is 5.73 Å². The number of hydrogen-bond acceptors (Lipinski definition) is 5. The molecule has 0 aliphatic carbocycles. The summed E-state index contributed by atoms with van der Waals surface area (Å²) in [6, 6.07) is 1.16. The molecule has 2 heterocycles. The number of pyridine rings is 1. The van der Waals surface area contributed by atoms with Crippen LogP contribution in [-0.4, -0.2) is 26.0 Å². The van der Waals surface area contributed by atoms with E-state index in [-0.39, 0.29) is 17.0 Å². The average molecular weight is 206 g/mol. The third-order valence-corrected chi connectivity index (χ3v) is 1.91. The minimum Gasteiger partial charge on any atom is -0.477 e. The predicted molar refractivity (Wildman–Crippen MR) is 51.5 cm³/mol. The zero-order valence-corrected chi connectivity index (χ0v) is 7.39. The van der Waals surface area contributed by atoms with E-state index in [1.165, 1.54) is 6.33 Å². The molecule has 0 spiro atoms. The number of aromatic amines is 1. The maximum absolute atomic E-state index is 11.2. The lowest BCUT2D eigenvalue weighted by Gasteiger charge is -2.00. The SMILES string of the molecule is Nc1ncnc2[nH]c(=O)c(C(=O)O)cc12. The molecule has 0 bridgehead atoms. The van der Waals surface area contributed by atoms with Crippen molar-refractivity contribution in [1.29, 1.82) is 0 Å². The van der Waals surface area contributed by atoms with Gasteiger partial charge in [0.2, 0.25) is 0 Å². The minimum absolute atomic E-state index is 0.124. The number of H-pyrrole nitrogens is 1. The van der Waals surface area contributed by atoms with Gasteiger partial charge in [-0.05, 0) is 6.07 Å². The molecule has 7 heteroatoms. The van der Waals surface area contributed by atoms with Crippen molar-refractivity contribution >= 4 is 22.8 Å². The van der Waals surface area contributed by atoms with Gasteiger partial charge in [0, 0.05) is 0 Å². The van der Waals surface area contributed by atoms with Crippen LogP contribution in [0.25, 0.3) is 11.0 Å². The highest BCUT2D eigenvalue weighted by atomic mass is 16.4. The van der Waals surface area contributed by atoms with Crippen molar-refractivity contribution < 1.29 is 9.90 Å². The normalized spacial score (nSPS) is 10.4. The number of hydrogen-bond donors (Lipinski definition) is 3. The van der Waals surface area contributed by atoms with Gasteiger partial charge >= 0.3 is 5.97 Å². The molecule has 0 saturated carbocycles.